The number of likely N-dealkylation sites (tertiary alicyclic amines) is 1. The van der Waals surface area contributed by atoms with Crippen molar-refractivity contribution in [2.45, 2.75) is 26.0 Å². The number of rotatable bonds is 7. The monoisotopic (exact) mass is 445 g/mol. The fraction of sp³-hybridized carbons (Fsp3) is 0.308. The zero-order chi connectivity index (χ0) is 22.8. The van der Waals surface area contributed by atoms with E-state index in [1.165, 1.54) is 18.9 Å². The minimum absolute atomic E-state index is 0.230. The van der Waals surface area contributed by atoms with E-state index in [-0.39, 0.29) is 5.82 Å². The van der Waals surface area contributed by atoms with Crippen LogP contribution < -0.4 is 5.32 Å². The lowest BCUT2D eigenvalue weighted by Crippen LogP contribution is -2.32. The van der Waals surface area contributed by atoms with Crippen LogP contribution in [0.25, 0.3) is 27.9 Å². The Morgan fingerprint density at radius 2 is 1.91 bits per heavy atom. The molecule has 1 fully saturated rings. The van der Waals surface area contributed by atoms with Gasteiger partial charge in [-0.2, -0.15) is 0 Å². The molecule has 0 bridgehead atoms. The average molecular weight is 446 g/mol. The van der Waals surface area contributed by atoms with Crippen molar-refractivity contribution in [2.75, 3.05) is 26.2 Å². The third-order valence-electron chi connectivity index (χ3n) is 6.31. The molecule has 33 heavy (non-hydrogen) atoms. The zero-order valence-corrected chi connectivity index (χ0v) is 18.7. The van der Waals surface area contributed by atoms with E-state index in [0.717, 1.165) is 47.5 Å². The van der Waals surface area contributed by atoms with Crippen molar-refractivity contribution in [2.24, 2.45) is 0 Å². The molecule has 1 aromatic carbocycles. The number of hydrogen-bond donors (Lipinski definition) is 2. The van der Waals surface area contributed by atoms with Crippen molar-refractivity contribution in [3.8, 4) is 22.4 Å². The Hall–Kier alpha value is -3.13. The van der Waals surface area contributed by atoms with Gasteiger partial charge in [-0.25, -0.2) is 9.37 Å². The minimum Gasteiger partial charge on any atom is -0.371 e. The Bertz CT molecular complexity index is 1260. The Labute approximate surface area is 192 Å². The quantitative estimate of drug-likeness (QED) is 0.418. The van der Waals surface area contributed by atoms with Crippen molar-refractivity contribution in [1.29, 1.82) is 0 Å². The maximum Gasteiger partial charge on any atom is 0.164 e. The van der Waals surface area contributed by atoms with Crippen molar-refractivity contribution in [1.82, 2.24) is 24.6 Å². The Kier molecular flexibility index (Phi) is 6.17. The molecule has 3 aromatic heterocycles. The molecule has 0 amide bonds. The van der Waals surface area contributed by atoms with E-state index in [0.29, 0.717) is 17.9 Å². The molecule has 0 radical (unpaired) electrons. The average Bonchev–Trinajstić information content (AvgIpc) is 3.50. The van der Waals surface area contributed by atoms with Gasteiger partial charge in [0.2, 0.25) is 0 Å². The molecule has 0 aliphatic carbocycles. The Morgan fingerprint density at radius 3 is 2.73 bits per heavy atom. The van der Waals surface area contributed by atoms with Crippen LogP contribution in [0.4, 0.5) is 4.39 Å². The molecule has 5 rings (SSSR count). The van der Waals surface area contributed by atoms with Gasteiger partial charge in [-0.05, 0) is 68.8 Å². The summed E-state index contributed by atoms with van der Waals surface area (Å²) in [6, 6.07) is 12.9. The zero-order valence-electron chi connectivity index (χ0n) is 18.7. The number of aliphatic hydroxyl groups excluding tert-OH is 1. The first-order valence-electron chi connectivity index (χ1n) is 11.4. The highest BCUT2D eigenvalue weighted by atomic mass is 19.1. The molecule has 1 saturated heterocycles. The predicted octanol–water partition coefficient (Wildman–Crippen LogP) is 4.19. The van der Waals surface area contributed by atoms with Crippen LogP contribution in [0, 0.1) is 12.7 Å². The van der Waals surface area contributed by atoms with Gasteiger partial charge in [0, 0.05) is 42.2 Å². The maximum atomic E-state index is 13.8. The summed E-state index contributed by atoms with van der Waals surface area (Å²) in [6.45, 7) is 5.64. The lowest BCUT2D eigenvalue weighted by atomic mass is 9.99. The number of nitrogens with one attached hydrogen (secondary N) is 1. The molecule has 1 atom stereocenters. The summed E-state index contributed by atoms with van der Waals surface area (Å²) in [5, 5.41) is 14.0. The van der Waals surface area contributed by atoms with Crippen molar-refractivity contribution in [3.05, 3.63) is 78.3 Å². The molecular formula is C26H28FN5O. The normalized spacial score (nSPS) is 15.4. The van der Waals surface area contributed by atoms with Crippen molar-refractivity contribution in [3.63, 3.8) is 0 Å². The molecule has 4 heterocycles. The number of fused-ring (bicyclic) bond motifs is 1. The minimum atomic E-state index is -0.863. The fourth-order valence-electron chi connectivity index (χ4n) is 4.49. The van der Waals surface area contributed by atoms with E-state index in [1.54, 1.807) is 25.4 Å². The van der Waals surface area contributed by atoms with E-state index in [9.17, 15) is 9.50 Å². The molecule has 170 valence electrons. The standard InChI is InChI=1S/C26H28FN5O/c1-18-15-19(7-9-23(18)27)24-22(5-4-10-28-24)20-6-8-21-16-30-25(32(21)17-20)26(33)29-11-14-31-12-2-3-13-31/h4-10,15-17,26,29,33H,2-3,11-14H2,1H3. The Balaban J connectivity index is 1.43. The molecule has 4 aromatic rings. The van der Waals surface area contributed by atoms with Gasteiger partial charge in [0.05, 0.1) is 17.4 Å². The fourth-order valence-corrected chi connectivity index (χ4v) is 4.49. The molecule has 0 spiro atoms. The SMILES string of the molecule is Cc1cc(-c2ncccc2-c2ccc3cnc(C(O)NCCN4CCCC4)n3c2)ccc1F. The number of aromatic nitrogens is 3. The number of aryl methyl sites for hydroxylation is 1. The highest BCUT2D eigenvalue weighted by molar-refractivity contribution is 5.81. The summed E-state index contributed by atoms with van der Waals surface area (Å²) in [6.07, 6.45) is 7.12. The number of halogens is 1. The number of pyridine rings is 2. The third-order valence-corrected chi connectivity index (χ3v) is 6.31. The van der Waals surface area contributed by atoms with Gasteiger partial charge in [-0.3, -0.25) is 14.7 Å². The smallest absolute Gasteiger partial charge is 0.164 e. The van der Waals surface area contributed by atoms with E-state index in [2.05, 4.69) is 20.2 Å². The van der Waals surface area contributed by atoms with Crippen molar-refractivity contribution >= 4 is 5.52 Å². The van der Waals surface area contributed by atoms with Crippen LogP contribution in [-0.2, 0) is 0 Å². The summed E-state index contributed by atoms with van der Waals surface area (Å²) >= 11 is 0. The van der Waals surface area contributed by atoms with Crippen LogP contribution >= 0.6 is 0 Å². The first-order valence-corrected chi connectivity index (χ1v) is 11.4. The second-order valence-corrected chi connectivity index (χ2v) is 8.60. The van der Waals surface area contributed by atoms with Crippen LogP contribution in [-0.4, -0.2) is 50.6 Å². The van der Waals surface area contributed by atoms with E-state index in [1.807, 2.05) is 40.9 Å². The Morgan fingerprint density at radius 1 is 1.09 bits per heavy atom. The number of imidazole rings is 1. The van der Waals surface area contributed by atoms with Crippen LogP contribution in [0.15, 0.2) is 61.1 Å². The molecule has 6 nitrogen and oxygen atoms in total. The summed E-state index contributed by atoms with van der Waals surface area (Å²) in [5.74, 6) is 0.322. The molecule has 1 unspecified atom stereocenters. The number of hydrogen-bond acceptors (Lipinski definition) is 5. The third kappa shape index (κ3) is 4.53. The van der Waals surface area contributed by atoms with E-state index in [4.69, 9.17) is 0 Å². The molecule has 0 saturated carbocycles. The van der Waals surface area contributed by atoms with Gasteiger partial charge in [0.1, 0.15) is 5.82 Å². The summed E-state index contributed by atoms with van der Waals surface area (Å²) < 4.78 is 15.7. The number of aliphatic hydroxyl groups is 1. The summed E-state index contributed by atoms with van der Waals surface area (Å²) in [7, 11) is 0. The molecular weight excluding hydrogens is 417 g/mol. The lowest BCUT2D eigenvalue weighted by Gasteiger charge is -2.17. The number of nitrogens with zero attached hydrogens (tertiary/aromatic N) is 4. The molecule has 1 aliphatic heterocycles. The van der Waals surface area contributed by atoms with Crippen LogP contribution in [0.5, 0.6) is 0 Å². The topological polar surface area (TPSA) is 65.7 Å². The molecule has 1 aliphatic rings. The maximum absolute atomic E-state index is 13.8. The van der Waals surface area contributed by atoms with Crippen LogP contribution in [0.2, 0.25) is 0 Å². The predicted molar refractivity (Wildman–Crippen MR) is 127 cm³/mol. The molecule has 2 N–H and O–H groups in total. The highest BCUT2D eigenvalue weighted by Gasteiger charge is 2.17. The van der Waals surface area contributed by atoms with Gasteiger partial charge in [0.15, 0.2) is 12.1 Å². The number of benzene rings is 1. The first kappa shape index (κ1) is 21.7. The van der Waals surface area contributed by atoms with Gasteiger partial charge in [-0.1, -0.05) is 12.1 Å². The highest BCUT2D eigenvalue weighted by Crippen LogP contribution is 2.31. The summed E-state index contributed by atoms with van der Waals surface area (Å²) in [5.41, 5.74) is 5.00. The summed E-state index contributed by atoms with van der Waals surface area (Å²) in [4.78, 5) is 11.5. The van der Waals surface area contributed by atoms with Crippen LogP contribution in [0.1, 0.15) is 30.5 Å². The van der Waals surface area contributed by atoms with Crippen molar-refractivity contribution < 1.29 is 9.50 Å². The largest absolute Gasteiger partial charge is 0.371 e. The second kappa shape index (κ2) is 9.39. The van der Waals surface area contributed by atoms with Gasteiger partial charge < -0.3 is 10.0 Å². The van der Waals surface area contributed by atoms with Gasteiger partial charge in [0.25, 0.3) is 0 Å². The van der Waals surface area contributed by atoms with Crippen LogP contribution in [0.3, 0.4) is 0 Å². The van der Waals surface area contributed by atoms with E-state index < -0.39 is 6.23 Å². The first-order chi connectivity index (χ1) is 16.1. The van der Waals surface area contributed by atoms with Gasteiger partial charge >= 0.3 is 0 Å². The van der Waals surface area contributed by atoms with E-state index >= 15 is 0 Å². The second-order valence-electron chi connectivity index (χ2n) is 8.60. The lowest BCUT2D eigenvalue weighted by molar-refractivity contribution is 0.125. The van der Waals surface area contributed by atoms with Gasteiger partial charge in [-0.15, -0.1) is 0 Å². The molecule has 7 heteroatoms.